The van der Waals surface area contributed by atoms with Crippen LogP contribution >= 0.6 is 0 Å². The first-order chi connectivity index (χ1) is 8.83. The number of pyridine rings is 1. The third kappa shape index (κ3) is 2.12. The molecular formula is C15H14N2O. The number of hydrogen-bond acceptors (Lipinski definition) is 2. The second-order valence-electron chi connectivity index (χ2n) is 4.50. The number of fused-ring (bicyclic) bond motifs is 1. The molecule has 90 valence electrons. The van der Waals surface area contributed by atoms with Crippen LogP contribution in [0.4, 0.5) is 5.69 Å². The van der Waals surface area contributed by atoms with E-state index in [0.29, 0.717) is 5.56 Å². The second-order valence-corrected chi connectivity index (χ2v) is 4.50. The molecule has 1 aromatic carbocycles. The third-order valence-electron chi connectivity index (χ3n) is 3.21. The highest BCUT2D eigenvalue weighted by atomic mass is 16.1. The van der Waals surface area contributed by atoms with Gasteiger partial charge in [-0.25, -0.2) is 0 Å². The van der Waals surface area contributed by atoms with E-state index in [4.69, 9.17) is 0 Å². The van der Waals surface area contributed by atoms with Gasteiger partial charge in [-0.15, -0.1) is 0 Å². The minimum atomic E-state index is -0.0876. The van der Waals surface area contributed by atoms with Crippen molar-refractivity contribution in [1.29, 1.82) is 0 Å². The number of rotatable bonds is 2. The first kappa shape index (κ1) is 11.0. The first-order valence-electron chi connectivity index (χ1n) is 6.17. The van der Waals surface area contributed by atoms with Crippen LogP contribution in [0.1, 0.15) is 28.0 Å². The van der Waals surface area contributed by atoms with E-state index in [1.807, 2.05) is 24.3 Å². The molecule has 18 heavy (non-hydrogen) atoms. The monoisotopic (exact) mass is 238 g/mol. The minimum absolute atomic E-state index is 0.0876. The van der Waals surface area contributed by atoms with Crippen molar-refractivity contribution in [3.05, 3.63) is 59.4 Å². The number of aryl methyl sites for hydroxylation is 2. The maximum atomic E-state index is 12.0. The van der Waals surface area contributed by atoms with Crippen LogP contribution in [0.2, 0.25) is 0 Å². The largest absolute Gasteiger partial charge is 0.321 e. The van der Waals surface area contributed by atoms with Crippen LogP contribution in [-0.2, 0) is 12.8 Å². The molecule has 1 N–H and O–H groups in total. The summed E-state index contributed by atoms with van der Waals surface area (Å²) < 4.78 is 0. The number of nitrogens with zero attached hydrogens (tertiary/aromatic N) is 1. The molecule has 0 spiro atoms. The van der Waals surface area contributed by atoms with Gasteiger partial charge in [0.1, 0.15) is 0 Å². The van der Waals surface area contributed by atoms with E-state index >= 15 is 0 Å². The molecule has 1 aliphatic rings. The number of anilines is 1. The molecule has 1 heterocycles. The third-order valence-corrected chi connectivity index (χ3v) is 3.21. The Morgan fingerprint density at radius 2 is 2.00 bits per heavy atom. The van der Waals surface area contributed by atoms with E-state index in [1.165, 1.54) is 17.7 Å². The fraction of sp³-hybridized carbons (Fsp3) is 0.200. The molecule has 3 nitrogen and oxygen atoms in total. The van der Waals surface area contributed by atoms with Crippen molar-refractivity contribution in [3.8, 4) is 0 Å². The number of amides is 1. The summed E-state index contributed by atoms with van der Waals surface area (Å²) >= 11 is 0. The standard InChI is InChI=1S/C15H14N2O/c18-15(11-5-2-1-3-6-11)17-13-9-12-7-4-8-14(12)16-10-13/h1-3,5-6,9-10H,4,7-8H2,(H,17,18). The van der Waals surface area contributed by atoms with Crippen molar-refractivity contribution in [3.63, 3.8) is 0 Å². The first-order valence-corrected chi connectivity index (χ1v) is 6.17. The van der Waals surface area contributed by atoms with Gasteiger partial charge in [0, 0.05) is 11.3 Å². The quantitative estimate of drug-likeness (QED) is 0.874. The summed E-state index contributed by atoms with van der Waals surface area (Å²) in [5.41, 5.74) is 3.89. The van der Waals surface area contributed by atoms with Gasteiger partial charge in [0.05, 0.1) is 11.9 Å². The zero-order valence-electron chi connectivity index (χ0n) is 10.0. The Morgan fingerprint density at radius 3 is 2.83 bits per heavy atom. The highest BCUT2D eigenvalue weighted by Crippen LogP contribution is 2.22. The van der Waals surface area contributed by atoms with Gasteiger partial charge < -0.3 is 5.32 Å². The van der Waals surface area contributed by atoms with E-state index < -0.39 is 0 Å². The zero-order chi connectivity index (χ0) is 12.4. The smallest absolute Gasteiger partial charge is 0.255 e. The van der Waals surface area contributed by atoms with Gasteiger partial charge in [-0.05, 0) is 43.0 Å². The van der Waals surface area contributed by atoms with E-state index in [-0.39, 0.29) is 5.91 Å². The lowest BCUT2D eigenvalue weighted by Crippen LogP contribution is -2.12. The summed E-state index contributed by atoms with van der Waals surface area (Å²) in [6, 6.07) is 11.3. The van der Waals surface area contributed by atoms with Crippen LogP contribution in [0.5, 0.6) is 0 Å². The van der Waals surface area contributed by atoms with Gasteiger partial charge in [0.25, 0.3) is 5.91 Å². The van der Waals surface area contributed by atoms with Gasteiger partial charge in [-0.2, -0.15) is 0 Å². The normalized spacial score (nSPS) is 13.1. The van der Waals surface area contributed by atoms with Crippen molar-refractivity contribution in [2.45, 2.75) is 19.3 Å². The Balaban J connectivity index is 1.79. The van der Waals surface area contributed by atoms with E-state index in [9.17, 15) is 4.79 Å². The molecule has 0 saturated heterocycles. The molecule has 0 fully saturated rings. The summed E-state index contributed by atoms with van der Waals surface area (Å²) in [4.78, 5) is 16.4. The van der Waals surface area contributed by atoms with Gasteiger partial charge in [-0.3, -0.25) is 9.78 Å². The summed E-state index contributed by atoms with van der Waals surface area (Å²) in [6.07, 6.45) is 5.03. The van der Waals surface area contributed by atoms with Crippen LogP contribution in [0.15, 0.2) is 42.6 Å². The van der Waals surface area contributed by atoms with Crippen LogP contribution in [-0.4, -0.2) is 10.9 Å². The predicted molar refractivity (Wildman–Crippen MR) is 70.7 cm³/mol. The van der Waals surface area contributed by atoms with Crippen molar-refractivity contribution >= 4 is 11.6 Å². The molecule has 0 atom stereocenters. The highest BCUT2D eigenvalue weighted by Gasteiger charge is 2.13. The van der Waals surface area contributed by atoms with Crippen LogP contribution < -0.4 is 5.32 Å². The van der Waals surface area contributed by atoms with E-state index in [0.717, 1.165) is 18.5 Å². The molecule has 1 amide bonds. The zero-order valence-corrected chi connectivity index (χ0v) is 10.0. The lowest BCUT2D eigenvalue weighted by molar-refractivity contribution is 0.102. The number of carbonyl (C=O) groups excluding carboxylic acids is 1. The van der Waals surface area contributed by atoms with Crippen molar-refractivity contribution in [1.82, 2.24) is 4.98 Å². The summed E-state index contributed by atoms with van der Waals surface area (Å²) in [5, 5.41) is 2.89. The van der Waals surface area contributed by atoms with E-state index in [1.54, 1.807) is 18.3 Å². The molecule has 3 rings (SSSR count). The Bertz CT molecular complexity index is 578. The fourth-order valence-corrected chi connectivity index (χ4v) is 2.29. The van der Waals surface area contributed by atoms with Crippen molar-refractivity contribution < 1.29 is 4.79 Å². The SMILES string of the molecule is O=C(Nc1cnc2c(c1)CCC2)c1ccccc1. The molecule has 3 heteroatoms. The Labute approximate surface area is 106 Å². The fourth-order valence-electron chi connectivity index (χ4n) is 2.29. The van der Waals surface area contributed by atoms with Gasteiger partial charge in [-0.1, -0.05) is 18.2 Å². The molecule has 1 aliphatic carbocycles. The van der Waals surface area contributed by atoms with Crippen molar-refractivity contribution in [2.75, 3.05) is 5.32 Å². The lowest BCUT2D eigenvalue weighted by Gasteiger charge is -2.06. The van der Waals surface area contributed by atoms with Gasteiger partial charge in [0.15, 0.2) is 0 Å². The number of aromatic nitrogens is 1. The molecular weight excluding hydrogens is 224 g/mol. The maximum Gasteiger partial charge on any atom is 0.255 e. The highest BCUT2D eigenvalue weighted by molar-refractivity contribution is 6.04. The lowest BCUT2D eigenvalue weighted by atomic mass is 10.2. The summed E-state index contributed by atoms with van der Waals surface area (Å²) in [5.74, 6) is -0.0876. The molecule has 0 radical (unpaired) electrons. The number of hydrogen-bond donors (Lipinski definition) is 1. The molecule has 0 aliphatic heterocycles. The average molecular weight is 238 g/mol. The van der Waals surface area contributed by atoms with Gasteiger partial charge in [0.2, 0.25) is 0 Å². The topological polar surface area (TPSA) is 42.0 Å². The summed E-state index contributed by atoms with van der Waals surface area (Å²) in [7, 11) is 0. The Hall–Kier alpha value is -2.16. The van der Waals surface area contributed by atoms with Gasteiger partial charge >= 0.3 is 0 Å². The predicted octanol–water partition coefficient (Wildman–Crippen LogP) is 2.82. The summed E-state index contributed by atoms with van der Waals surface area (Å²) in [6.45, 7) is 0. The molecule has 1 aromatic heterocycles. The van der Waals surface area contributed by atoms with Crippen LogP contribution in [0.25, 0.3) is 0 Å². The Kier molecular flexibility index (Phi) is 2.81. The number of benzene rings is 1. The average Bonchev–Trinajstić information content (AvgIpc) is 2.87. The van der Waals surface area contributed by atoms with Crippen LogP contribution in [0.3, 0.4) is 0 Å². The minimum Gasteiger partial charge on any atom is -0.321 e. The Morgan fingerprint density at radius 1 is 1.17 bits per heavy atom. The molecule has 0 saturated carbocycles. The van der Waals surface area contributed by atoms with Crippen molar-refractivity contribution in [2.24, 2.45) is 0 Å². The second kappa shape index (κ2) is 4.61. The molecule has 0 unspecified atom stereocenters. The maximum absolute atomic E-state index is 12.0. The van der Waals surface area contributed by atoms with Crippen LogP contribution in [0, 0.1) is 0 Å². The number of carbonyl (C=O) groups is 1. The molecule has 0 bridgehead atoms. The van der Waals surface area contributed by atoms with E-state index in [2.05, 4.69) is 10.3 Å². The molecule has 2 aromatic rings. The number of nitrogens with one attached hydrogen (secondary N) is 1.